The maximum atomic E-state index is 13.7. The molecule has 2 aromatic rings. The van der Waals surface area contributed by atoms with Crippen LogP contribution in [0, 0.1) is 0 Å². The Morgan fingerprint density at radius 3 is 2.23 bits per heavy atom. The number of anilines is 1. The third kappa shape index (κ3) is 4.53. The van der Waals surface area contributed by atoms with E-state index in [-0.39, 0.29) is 5.91 Å². The number of piperazine rings is 1. The van der Waals surface area contributed by atoms with Gasteiger partial charge in [-0.2, -0.15) is 13.2 Å². The number of rotatable bonds is 3. The molecule has 2 heterocycles. The summed E-state index contributed by atoms with van der Waals surface area (Å²) in [6.45, 7) is 3.05. The lowest BCUT2D eigenvalue weighted by Crippen LogP contribution is -2.56. The molecule has 2 aliphatic heterocycles. The van der Waals surface area contributed by atoms with Gasteiger partial charge in [-0.15, -0.1) is 0 Å². The minimum atomic E-state index is -4.45. The normalized spacial score (nSPS) is 19.4. The van der Waals surface area contributed by atoms with Crippen LogP contribution in [0.4, 0.5) is 18.9 Å². The summed E-state index contributed by atoms with van der Waals surface area (Å²) in [6, 6.07) is 12.8. The van der Waals surface area contributed by atoms with Crippen LogP contribution in [0.25, 0.3) is 0 Å². The van der Waals surface area contributed by atoms with Gasteiger partial charge in [0.05, 0.1) is 11.0 Å². The van der Waals surface area contributed by atoms with Crippen molar-refractivity contribution in [3.05, 3.63) is 64.7 Å². The first-order valence-electron chi connectivity index (χ1n) is 10.3. The number of hydrogen-bond acceptors (Lipinski definition) is 3. The molecule has 2 aliphatic rings. The van der Waals surface area contributed by atoms with Crippen LogP contribution in [-0.4, -0.2) is 50.2 Å². The van der Waals surface area contributed by atoms with Crippen LogP contribution in [0.15, 0.2) is 48.5 Å². The number of ether oxygens (including phenoxy) is 1. The van der Waals surface area contributed by atoms with Crippen molar-refractivity contribution < 1.29 is 22.7 Å². The summed E-state index contributed by atoms with van der Waals surface area (Å²) in [5.74, 6) is -0.106. The van der Waals surface area contributed by atoms with Gasteiger partial charge in [-0.25, -0.2) is 0 Å². The van der Waals surface area contributed by atoms with E-state index in [0.29, 0.717) is 62.8 Å². The number of carbonyl (C=O) groups excluding carboxylic acids is 1. The van der Waals surface area contributed by atoms with Crippen molar-refractivity contribution in [3.63, 3.8) is 0 Å². The second kappa shape index (κ2) is 8.71. The highest BCUT2D eigenvalue weighted by Crippen LogP contribution is 2.40. The van der Waals surface area contributed by atoms with Gasteiger partial charge in [-0.1, -0.05) is 29.8 Å². The largest absolute Gasteiger partial charge is 0.416 e. The van der Waals surface area contributed by atoms with E-state index in [0.717, 1.165) is 17.8 Å². The first-order valence-corrected chi connectivity index (χ1v) is 10.7. The third-order valence-electron chi connectivity index (χ3n) is 6.26. The van der Waals surface area contributed by atoms with Gasteiger partial charge in [-0.05, 0) is 48.7 Å². The van der Waals surface area contributed by atoms with Crippen molar-refractivity contribution >= 4 is 23.2 Å². The number of benzene rings is 2. The molecular weight excluding hydrogens is 429 g/mol. The molecule has 2 fully saturated rings. The fourth-order valence-corrected chi connectivity index (χ4v) is 4.59. The van der Waals surface area contributed by atoms with Crippen molar-refractivity contribution in [1.29, 1.82) is 0 Å². The molecule has 0 aromatic heterocycles. The molecule has 166 valence electrons. The van der Waals surface area contributed by atoms with Gasteiger partial charge in [-0.3, -0.25) is 4.79 Å². The summed E-state index contributed by atoms with van der Waals surface area (Å²) in [5.41, 5.74) is -0.246. The Hall–Kier alpha value is -2.25. The standard InChI is InChI=1S/C23H24ClF3N2O2/c24-19-4-6-20(7-5-19)28-10-12-29(13-11-28)21(30)22(8-14-31-15-9-22)17-2-1-3-18(16-17)23(25,26)27/h1-7,16H,8-15H2. The molecule has 4 rings (SSSR count). The van der Waals surface area contributed by atoms with Crippen LogP contribution < -0.4 is 4.90 Å². The molecule has 0 radical (unpaired) electrons. The summed E-state index contributed by atoms with van der Waals surface area (Å²) in [5, 5.41) is 0.667. The van der Waals surface area contributed by atoms with Crippen LogP contribution in [0.3, 0.4) is 0 Å². The van der Waals surface area contributed by atoms with Crippen molar-refractivity contribution in [2.75, 3.05) is 44.3 Å². The number of halogens is 4. The van der Waals surface area contributed by atoms with Crippen LogP contribution in [0.1, 0.15) is 24.0 Å². The molecule has 4 nitrogen and oxygen atoms in total. The van der Waals surface area contributed by atoms with Crippen LogP contribution in [0.2, 0.25) is 5.02 Å². The maximum absolute atomic E-state index is 13.7. The molecule has 0 spiro atoms. The monoisotopic (exact) mass is 452 g/mol. The van der Waals surface area contributed by atoms with Crippen molar-refractivity contribution in [3.8, 4) is 0 Å². The van der Waals surface area contributed by atoms with Gasteiger partial charge in [0.1, 0.15) is 0 Å². The molecule has 2 saturated heterocycles. The molecule has 1 amide bonds. The zero-order chi connectivity index (χ0) is 22.1. The summed E-state index contributed by atoms with van der Waals surface area (Å²) in [6.07, 6.45) is -3.69. The molecular formula is C23H24ClF3N2O2. The highest BCUT2D eigenvalue weighted by Gasteiger charge is 2.45. The Morgan fingerprint density at radius 2 is 1.61 bits per heavy atom. The highest BCUT2D eigenvalue weighted by atomic mass is 35.5. The molecule has 0 bridgehead atoms. The van der Waals surface area contributed by atoms with Crippen molar-refractivity contribution in [2.45, 2.75) is 24.4 Å². The van der Waals surface area contributed by atoms with E-state index in [9.17, 15) is 18.0 Å². The zero-order valence-corrected chi connectivity index (χ0v) is 17.8. The summed E-state index contributed by atoms with van der Waals surface area (Å²) in [7, 11) is 0. The molecule has 0 unspecified atom stereocenters. The van der Waals surface area contributed by atoms with Gasteiger partial charge >= 0.3 is 6.18 Å². The lowest BCUT2D eigenvalue weighted by molar-refractivity contribution is -0.142. The summed E-state index contributed by atoms with van der Waals surface area (Å²) in [4.78, 5) is 17.6. The minimum Gasteiger partial charge on any atom is -0.381 e. The average molecular weight is 453 g/mol. The molecule has 31 heavy (non-hydrogen) atoms. The second-order valence-corrected chi connectivity index (χ2v) is 8.47. The second-order valence-electron chi connectivity index (χ2n) is 8.03. The molecule has 0 aliphatic carbocycles. The topological polar surface area (TPSA) is 32.8 Å². The van der Waals surface area contributed by atoms with E-state index < -0.39 is 17.2 Å². The van der Waals surface area contributed by atoms with E-state index in [1.165, 1.54) is 6.07 Å². The van der Waals surface area contributed by atoms with Crippen molar-refractivity contribution in [1.82, 2.24) is 4.90 Å². The predicted octanol–water partition coefficient (Wildman–Crippen LogP) is 4.76. The first-order chi connectivity index (χ1) is 14.8. The Labute approximate surface area is 184 Å². The lowest BCUT2D eigenvalue weighted by Gasteiger charge is -2.43. The molecule has 2 aromatic carbocycles. The maximum Gasteiger partial charge on any atom is 0.416 e. The number of amides is 1. The predicted molar refractivity (Wildman–Crippen MR) is 113 cm³/mol. The average Bonchev–Trinajstić information content (AvgIpc) is 2.79. The SMILES string of the molecule is O=C(N1CCN(c2ccc(Cl)cc2)CC1)C1(c2cccc(C(F)(F)F)c2)CCOCC1. The van der Waals surface area contributed by atoms with Gasteiger partial charge < -0.3 is 14.5 Å². The van der Waals surface area contributed by atoms with E-state index in [1.54, 1.807) is 11.0 Å². The van der Waals surface area contributed by atoms with Crippen molar-refractivity contribution in [2.24, 2.45) is 0 Å². The number of carbonyl (C=O) groups is 1. The summed E-state index contributed by atoms with van der Waals surface area (Å²) < 4.78 is 45.4. The Balaban J connectivity index is 1.55. The van der Waals surface area contributed by atoms with Gasteiger partial charge in [0.25, 0.3) is 0 Å². The van der Waals surface area contributed by atoms with Gasteiger partial charge in [0.2, 0.25) is 5.91 Å². The van der Waals surface area contributed by atoms with E-state index in [1.807, 2.05) is 24.3 Å². The molecule has 8 heteroatoms. The van der Waals surface area contributed by atoms with E-state index >= 15 is 0 Å². The fraction of sp³-hybridized carbons (Fsp3) is 0.435. The quantitative estimate of drug-likeness (QED) is 0.673. The summed E-state index contributed by atoms with van der Waals surface area (Å²) >= 11 is 5.96. The molecule has 0 N–H and O–H groups in total. The van der Waals surface area contributed by atoms with Crippen LogP contribution in [0.5, 0.6) is 0 Å². The number of hydrogen-bond donors (Lipinski definition) is 0. The molecule has 0 atom stereocenters. The van der Waals surface area contributed by atoms with Gasteiger partial charge in [0.15, 0.2) is 0 Å². The Bertz CT molecular complexity index is 919. The molecule has 0 saturated carbocycles. The minimum absolute atomic E-state index is 0.106. The number of nitrogens with zero attached hydrogens (tertiary/aromatic N) is 2. The fourth-order valence-electron chi connectivity index (χ4n) is 4.46. The Morgan fingerprint density at radius 1 is 0.968 bits per heavy atom. The van der Waals surface area contributed by atoms with Crippen LogP contribution in [-0.2, 0) is 21.1 Å². The van der Waals surface area contributed by atoms with E-state index in [4.69, 9.17) is 16.3 Å². The van der Waals surface area contributed by atoms with Crippen LogP contribution >= 0.6 is 11.6 Å². The smallest absolute Gasteiger partial charge is 0.381 e. The zero-order valence-electron chi connectivity index (χ0n) is 17.0. The Kier molecular flexibility index (Phi) is 6.17. The first kappa shape index (κ1) is 22.0. The highest BCUT2D eigenvalue weighted by molar-refractivity contribution is 6.30. The lowest BCUT2D eigenvalue weighted by atomic mass is 9.72. The third-order valence-corrected chi connectivity index (χ3v) is 6.51. The number of alkyl halides is 3. The van der Waals surface area contributed by atoms with E-state index in [2.05, 4.69) is 4.90 Å². The van der Waals surface area contributed by atoms with Gasteiger partial charge in [0, 0.05) is 50.1 Å².